The molecule has 21 heavy (non-hydrogen) atoms. The number of sulfonamides is 1. The molecule has 2 aliphatic rings. The van der Waals surface area contributed by atoms with Gasteiger partial charge >= 0.3 is 0 Å². The molecular formula is C15H22N2O3S. The van der Waals surface area contributed by atoms with Crippen LogP contribution in [-0.4, -0.2) is 33.2 Å². The molecule has 1 aliphatic heterocycles. The second kappa shape index (κ2) is 6.04. The van der Waals surface area contributed by atoms with Gasteiger partial charge in [0.1, 0.15) is 0 Å². The molecule has 2 fully saturated rings. The minimum atomic E-state index is -3.46. The van der Waals surface area contributed by atoms with E-state index in [1.807, 2.05) is 19.1 Å². The van der Waals surface area contributed by atoms with Gasteiger partial charge < -0.3 is 10.1 Å². The number of nitrogens with one attached hydrogen (secondary N) is 2. The molecule has 1 saturated carbocycles. The van der Waals surface area contributed by atoms with Gasteiger partial charge in [-0.25, -0.2) is 13.1 Å². The summed E-state index contributed by atoms with van der Waals surface area (Å²) >= 11 is 0. The first-order valence-electron chi connectivity index (χ1n) is 7.51. The van der Waals surface area contributed by atoms with Crippen LogP contribution in [0.4, 0.5) is 0 Å². The molecule has 2 unspecified atom stereocenters. The Morgan fingerprint density at radius 1 is 1.19 bits per heavy atom. The molecule has 116 valence electrons. The van der Waals surface area contributed by atoms with E-state index in [-0.39, 0.29) is 12.1 Å². The van der Waals surface area contributed by atoms with Gasteiger partial charge in [0.05, 0.1) is 17.0 Å². The summed E-state index contributed by atoms with van der Waals surface area (Å²) in [4.78, 5) is 0.316. The van der Waals surface area contributed by atoms with Crippen LogP contribution in [0.15, 0.2) is 29.2 Å². The first-order chi connectivity index (χ1) is 10.0. The zero-order chi connectivity index (χ0) is 14.9. The Labute approximate surface area is 126 Å². The fourth-order valence-electron chi connectivity index (χ4n) is 2.49. The lowest BCUT2D eigenvalue weighted by Crippen LogP contribution is -2.39. The minimum Gasteiger partial charge on any atom is -0.377 e. The summed E-state index contributed by atoms with van der Waals surface area (Å²) in [6, 6.07) is 7.61. The number of hydrogen-bond donors (Lipinski definition) is 2. The van der Waals surface area contributed by atoms with E-state index in [1.165, 1.54) is 12.8 Å². The Morgan fingerprint density at radius 2 is 1.90 bits per heavy atom. The second-order valence-corrected chi connectivity index (χ2v) is 7.61. The van der Waals surface area contributed by atoms with E-state index in [0.29, 0.717) is 17.5 Å². The first-order valence-corrected chi connectivity index (χ1v) is 8.99. The predicted octanol–water partition coefficient (Wildman–Crippen LogP) is 1.39. The van der Waals surface area contributed by atoms with Crippen molar-refractivity contribution in [3.05, 3.63) is 29.8 Å². The average molecular weight is 310 g/mol. The summed E-state index contributed by atoms with van der Waals surface area (Å²) in [5, 5.41) is 3.41. The van der Waals surface area contributed by atoms with E-state index in [2.05, 4.69) is 10.0 Å². The molecule has 5 nitrogen and oxygen atoms in total. The highest BCUT2D eigenvalue weighted by Crippen LogP contribution is 2.20. The lowest BCUT2D eigenvalue weighted by Gasteiger charge is -2.16. The minimum absolute atomic E-state index is 0.0678. The van der Waals surface area contributed by atoms with Crippen LogP contribution in [0, 0.1) is 0 Å². The molecule has 6 heteroatoms. The zero-order valence-electron chi connectivity index (χ0n) is 12.2. The Morgan fingerprint density at radius 3 is 2.48 bits per heavy atom. The van der Waals surface area contributed by atoms with Crippen LogP contribution in [0.3, 0.4) is 0 Å². The third-order valence-corrected chi connectivity index (χ3v) is 5.59. The van der Waals surface area contributed by atoms with E-state index in [4.69, 9.17) is 4.74 Å². The lowest BCUT2D eigenvalue weighted by molar-refractivity contribution is 0.117. The Bertz CT molecular complexity index is 581. The van der Waals surface area contributed by atoms with Gasteiger partial charge in [-0.1, -0.05) is 12.1 Å². The highest BCUT2D eigenvalue weighted by Gasteiger charge is 2.29. The van der Waals surface area contributed by atoms with Gasteiger partial charge in [0.25, 0.3) is 0 Å². The molecule has 3 rings (SSSR count). The van der Waals surface area contributed by atoms with Crippen LogP contribution in [0.1, 0.15) is 31.7 Å². The molecule has 0 aromatic heterocycles. The molecule has 1 heterocycles. The molecule has 1 aromatic rings. The standard InChI is InChI=1S/C15H22N2O3S/c1-11-15(8-9-20-11)17-21(18,19)14-6-2-12(3-7-14)10-16-13-4-5-13/h2-3,6-7,11,13,15-17H,4-5,8-10H2,1H3. The quantitative estimate of drug-likeness (QED) is 0.833. The average Bonchev–Trinajstić information content (AvgIpc) is 3.21. The number of ether oxygens (including phenoxy) is 1. The van der Waals surface area contributed by atoms with Gasteiger partial charge in [-0.05, 0) is 43.9 Å². The first kappa shape index (κ1) is 15.0. The van der Waals surface area contributed by atoms with Crippen molar-refractivity contribution in [2.75, 3.05) is 6.61 Å². The number of hydrogen-bond acceptors (Lipinski definition) is 4. The Kier molecular flexibility index (Phi) is 4.31. The van der Waals surface area contributed by atoms with Gasteiger partial charge in [0, 0.05) is 19.2 Å². The van der Waals surface area contributed by atoms with Crippen molar-refractivity contribution in [2.24, 2.45) is 0 Å². The van der Waals surface area contributed by atoms with E-state index in [0.717, 1.165) is 18.5 Å². The van der Waals surface area contributed by atoms with Gasteiger partial charge in [-0.15, -0.1) is 0 Å². The van der Waals surface area contributed by atoms with E-state index in [9.17, 15) is 8.42 Å². The van der Waals surface area contributed by atoms with Crippen molar-refractivity contribution in [3.63, 3.8) is 0 Å². The van der Waals surface area contributed by atoms with E-state index < -0.39 is 10.0 Å². The van der Waals surface area contributed by atoms with E-state index >= 15 is 0 Å². The summed E-state index contributed by atoms with van der Waals surface area (Å²) < 4.78 is 32.8. The van der Waals surface area contributed by atoms with Crippen molar-refractivity contribution >= 4 is 10.0 Å². The van der Waals surface area contributed by atoms with Crippen molar-refractivity contribution in [2.45, 2.75) is 55.8 Å². The summed E-state index contributed by atoms with van der Waals surface area (Å²) in [5.74, 6) is 0. The van der Waals surface area contributed by atoms with Crippen LogP contribution in [0.25, 0.3) is 0 Å². The number of benzene rings is 1. The van der Waals surface area contributed by atoms with E-state index in [1.54, 1.807) is 12.1 Å². The molecule has 2 atom stereocenters. The largest absolute Gasteiger partial charge is 0.377 e. The Balaban J connectivity index is 1.63. The maximum absolute atomic E-state index is 12.3. The summed E-state index contributed by atoms with van der Waals surface area (Å²) in [5.41, 5.74) is 1.11. The smallest absolute Gasteiger partial charge is 0.240 e. The summed E-state index contributed by atoms with van der Waals surface area (Å²) in [6.07, 6.45) is 3.15. The highest BCUT2D eigenvalue weighted by atomic mass is 32.2. The normalized spacial score (nSPS) is 26.1. The lowest BCUT2D eigenvalue weighted by atomic mass is 10.2. The van der Waals surface area contributed by atoms with Crippen LogP contribution in [-0.2, 0) is 21.3 Å². The molecule has 1 aromatic carbocycles. The maximum atomic E-state index is 12.3. The Hall–Kier alpha value is -0.950. The molecule has 1 aliphatic carbocycles. The topological polar surface area (TPSA) is 67.4 Å². The van der Waals surface area contributed by atoms with Gasteiger partial charge in [-0.3, -0.25) is 0 Å². The molecule has 0 spiro atoms. The van der Waals surface area contributed by atoms with Crippen LogP contribution >= 0.6 is 0 Å². The third-order valence-electron chi connectivity index (χ3n) is 4.09. The highest BCUT2D eigenvalue weighted by molar-refractivity contribution is 7.89. The van der Waals surface area contributed by atoms with Crippen LogP contribution in [0.5, 0.6) is 0 Å². The third kappa shape index (κ3) is 3.83. The molecule has 2 N–H and O–H groups in total. The van der Waals surface area contributed by atoms with Crippen molar-refractivity contribution in [1.82, 2.24) is 10.0 Å². The fourth-order valence-corrected chi connectivity index (χ4v) is 3.83. The van der Waals surface area contributed by atoms with Crippen molar-refractivity contribution in [1.29, 1.82) is 0 Å². The maximum Gasteiger partial charge on any atom is 0.240 e. The van der Waals surface area contributed by atoms with Crippen molar-refractivity contribution < 1.29 is 13.2 Å². The molecule has 0 amide bonds. The molecular weight excluding hydrogens is 288 g/mol. The van der Waals surface area contributed by atoms with Crippen LogP contribution in [0.2, 0.25) is 0 Å². The SMILES string of the molecule is CC1OCCC1NS(=O)(=O)c1ccc(CNC2CC2)cc1. The summed E-state index contributed by atoms with van der Waals surface area (Å²) in [7, 11) is -3.46. The molecule has 0 bridgehead atoms. The predicted molar refractivity (Wildman–Crippen MR) is 80.4 cm³/mol. The van der Waals surface area contributed by atoms with Crippen LogP contribution < -0.4 is 10.0 Å². The molecule has 0 radical (unpaired) electrons. The fraction of sp³-hybridized carbons (Fsp3) is 0.600. The number of rotatable bonds is 6. The van der Waals surface area contributed by atoms with Gasteiger partial charge in [-0.2, -0.15) is 0 Å². The summed E-state index contributed by atoms with van der Waals surface area (Å²) in [6.45, 7) is 3.30. The monoisotopic (exact) mass is 310 g/mol. The zero-order valence-corrected chi connectivity index (χ0v) is 13.0. The van der Waals surface area contributed by atoms with Crippen molar-refractivity contribution in [3.8, 4) is 0 Å². The van der Waals surface area contributed by atoms with Gasteiger partial charge in [0.15, 0.2) is 0 Å². The molecule has 1 saturated heterocycles. The second-order valence-electron chi connectivity index (χ2n) is 5.89. The van der Waals surface area contributed by atoms with Gasteiger partial charge in [0.2, 0.25) is 10.0 Å².